The van der Waals surface area contributed by atoms with E-state index in [0.29, 0.717) is 13.1 Å². The third-order valence-electron chi connectivity index (χ3n) is 3.49. The Kier molecular flexibility index (Phi) is 3.63. The van der Waals surface area contributed by atoms with Gasteiger partial charge in [-0.3, -0.25) is 14.9 Å². The van der Waals surface area contributed by atoms with Crippen LogP contribution in [0.1, 0.15) is 19.3 Å². The minimum absolute atomic E-state index is 0.0628. The predicted molar refractivity (Wildman–Crippen MR) is 61.7 cm³/mol. The molecule has 2 saturated heterocycles. The van der Waals surface area contributed by atoms with Crippen LogP contribution in [0.4, 0.5) is 0 Å². The van der Waals surface area contributed by atoms with Gasteiger partial charge in [-0.1, -0.05) is 0 Å². The molecule has 0 aromatic rings. The lowest BCUT2D eigenvalue weighted by molar-refractivity contribution is -0.140. The number of hydrogen-bond donors (Lipinski definition) is 3. The first-order valence-corrected chi connectivity index (χ1v) is 6.07. The van der Waals surface area contributed by atoms with Crippen molar-refractivity contribution in [3.8, 4) is 0 Å². The van der Waals surface area contributed by atoms with Crippen LogP contribution in [0.5, 0.6) is 0 Å². The highest BCUT2D eigenvalue weighted by Crippen LogP contribution is 2.16. The fourth-order valence-corrected chi connectivity index (χ4v) is 2.37. The van der Waals surface area contributed by atoms with Crippen molar-refractivity contribution >= 4 is 11.9 Å². The molecule has 2 aliphatic heterocycles. The first-order chi connectivity index (χ1) is 8.11. The second-order valence-corrected chi connectivity index (χ2v) is 4.90. The molecule has 6 nitrogen and oxygen atoms in total. The smallest absolute Gasteiger partial charge is 0.305 e. The number of nitrogens with zero attached hydrogens (tertiary/aromatic N) is 1. The van der Waals surface area contributed by atoms with Crippen LogP contribution < -0.4 is 10.6 Å². The molecule has 0 bridgehead atoms. The number of nitrogens with one attached hydrogen (secondary N) is 2. The first-order valence-electron chi connectivity index (χ1n) is 6.07. The third kappa shape index (κ3) is 2.95. The molecule has 6 heteroatoms. The van der Waals surface area contributed by atoms with Gasteiger partial charge in [0.25, 0.3) is 0 Å². The lowest BCUT2D eigenvalue weighted by Gasteiger charge is -2.42. The molecular weight excluding hydrogens is 222 g/mol. The van der Waals surface area contributed by atoms with Gasteiger partial charge in [0.15, 0.2) is 0 Å². The molecule has 17 heavy (non-hydrogen) atoms. The molecule has 0 radical (unpaired) electrons. The third-order valence-corrected chi connectivity index (χ3v) is 3.49. The van der Waals surface area contributed by atoms with Crippen LogP contribution in [0, 0.1) is 0 Å². The molecule has 0 spiro atoms. The van der Waals surface area contributed by atoms with Gasteiger partial charge in [-0.15, -0.1) is 0 Å². The van der Waals surface area contributed by atoms with Gasteiger partial charge in [0.2, 0.25) is 5.91 Å². The molecule has 2 aliphatic rings. The van der Waals surface area contributed by atoms with Gasteiger partial charge in [-0.05, 0) is 12.8 Å². The highest BCUT2D eigenvalue weighted by Gasteiger charge is 2.39. The van der Waals surface area contributed by atoms with E-state index in [1.54, 1.807) is 0 Å². The Morgan fingerprint density at radius 2 is 1.94 bits per heavy atom. The molecule has 1 amide bonds. The molecule has 0 atom stereocenters. The number of carboxylic acids is 1. The molecule has 2 rings (SSSR count). The summed E-state index contributed by atoms with van der Waals surface area (Å²) in [5.41, 5.74) is -0.429. The van der Waals surface area contributed by atoms with Crippen molar-refractivity contribution < 1.29 is 14.7 Å². The average molecular weight is 241 g/mol. The van der Waals surface area contributed by atoms with E-state index in [0.717, 1.165) is 25.9 Å². The predicted octanol–water partition coefficient (Wildman–Crippen LogP) is -0.985. The molecule has 0 aliphatic carbocycles. The molecule has 2 heterocycles. The summed E-state index contributed by atoms with van der Waals surface area (Å²) < 4.78 is 0. The molecular formula is C11H19N3O3. The number of carbonyl (C=O) groups is 2. The Hall–Kier alpha value is -1.14. The molecule has 0 unspecified atom stereocenters. The second kappa shape index (κ2) is 5.01. The van der Waals surface area contributed by atoms with Gasteiger partial charge in [-0.25, -0.2) is 0 Å². The summed E-state index contributed by atoms with van der Waals surface area (Å²) >= 11 is 0. The minimum atomic E-state index is -0.826. The van der Waals surface area contributed by atoms with Gasteiger partial charge in [0.05, 0.1) is 18.5 Å². The van der Waals surface area contributed by atoms with Crippen molar-refractivity contribution in [1.29, 1.82) is 0 Å². The maximum absolute atomic E-state index is 11.8. The lowest BCUT2D eigenvalue weighted by Crippen LogP contribution is -2.69. The number of amides is 1. The Morgan fingerprint density at radius 1 is 1.29 bits per heavy atom. The number of rotatable bonds is 5. The van der Waals surface area contributed by atoms with Gasteiger partial charge in [0, 0.05) is 26.2 Å². The first kappa shape index (κ1) is 12.3. The standard InChI is InChI=1S/C11H19N3O3/c15-9(14-3-1-2-4-14)6-13-11(5-10(16)17)7-12-8-11/h12-13H,1-8H2,(H,16,17). The number of hydrogen-bond acceptors (Lipinski definition) is 4. The Labute approximate surface area is 100 Å². The Balaban J connectivity index is 1.79. The van der Waals surface area contributed by atoms with Gasteiger partial charge in [-0.2, -0.15) is 0 Å². The summed E-state index contributed by atoms with van der Waals surface area (Å²) in [6.07, 6.45) is 2.22. The summed E-state index contributed by atoms with van der Waals surface area (Å²) in [4.78, 5) is 24.4. The largest absolute Gasteiger partial charge is 0.481 e. The number of carboxylic acid groups (broad SMARTS) is 1. The van der Waals surface area contributed by atoms with Crippen molar-refractivity contribution in [2.75, 3.05) is 32.7 Å². The monoisotopic (exact) mass is 241 g/mol. The summed E-state index contributed by atoms with van der Waals surface area (Å²) in [6, 6.07) is 0. The van der Waals surface area contributed by atoms with Crippen LogP contribution in [0.2, 0.25) is 0 Å². The topological polar surface area (TPSA) is 81.7 Å². The second-order valence-electron chi connectivity index (χ2n) is 4.90. The maximum Gasteiger partial charge on any atom is 0.305 e. The zero-order chi connectivity index (χ0) is 12.3. The zero-order valence-corrected chi connectivity index (χ0v) is 9.87. The number of carbonyl (C=O) groups excluding carboxylic acids is 1. The Bertz CT molecular complexity index is 309. The van der Waals surface area contributed by atoms with Gasteiger partial charge in [0.1, 0.15) is 0 Å². The van der Waals surface area contributed by atoms with Crippen molar-refractivity contribution in [2.24, 2.45) is 0 Å². The molecule has 96 valence electrons. The van der Waals surface area contributed by atoms with E-state index < -0.39 is 11.5 Å². The van der Waals surface area contributed by atoms with E-state index >= 15 is 0 Å². The number of aliphatic carboxylic acids is 1. The normalized spacial score (nSPS) is 22.2. The Morgan fingerprint density at radius 3 is 2.41 bits per heavy atom. The van der Waals surface area contributed by atoms with E-state index in [1.807, 2.05) is 4.90 Å². The van der Waals surface area contributed by atoms with Crippen LogP contribution >= 0.6 is 0 Å². The van der Waals surface area contributed by atoms with E-state index in [9.17, 15) is 9.59 Å². The molecule has 0 saturated carbocycles. The van der Waals surface area contributed by atoms with E-state index in [2.05, 4.69) is 10.6 Å². The van der Waals surface area contributed by atoms with Crippen molar-refractivity contribution in [2.45, 2.75) is 24.8 Å². The maximum atomic E-state index is 11.8. The highest BCUT2D eigenvalue weighted by molar-refractivity contribution is 5.78. The molecule has 2 fully saturated rings. The quantitative estimate of drug-likeness (QED) is 0.576. The highest BCUT2D eigenvalue weighted by atomic mass is 16.4. The van der Waals surface area contributed by atoms with Gasteiger partial charge < -0.3 is 15.3 Å². The van der Waals surface area contributed by atoms with Crippen molar-refractivity contribution in [1.82, 2.24) is 15.5 Å². The summed E-state index contributed by atoms with van der Waals surface area (Å²) in [5.74, 6) is -0.744. The fourth-order valence-electron chi connectivity index (χ4n) is 2.37. The average Bonchev–Trinajstić information content (AvgIpc) is 2.74. The number of likely N-dealkylation sites (tertiary alicyclic amines) is 1. The van der Waals surface area contributed by atoms with E-state index in [-0.39, 0.29) is 18.9 Å². The SMILES string of the molecule is O=C(O)CC1(NCC(=O)N2CCCC2)CNC1. The van der Waals surface area contributed by atoms with Crippen LogP contribution in [0.25, 0.3) is 0 Å². The van der Waals surface area contributed by atoms with Crippen LogP contribution in [0.15, 0.2) is 0 Å². The molecule has 0 aromatic heterocycles. The summed E-state index contributed by atoms with van der Waals surface area (Å²) in [6.45, 7) is 3.16. The van der Waals surface area contributed by atoms with E-state index in [4.69, 9.17) is 5.11 Å². The van der Waals surface area contributed by atoms with Crippen molar-refractivity contribution in [3.63, 3.8) is 0 Å². The van der Waals surface area contributed by atoms with Crippen LogP contribution in [-0.2, 0) is 9.59 Å². The summed E-state index contributed by atoms with van der Waals surface area (Å²) in [5, 5.41) is 15.0. The van der Waals surface area contributed by atoms with E-state index in [1.165, 1.54) is 0 Å². The molecule has 3 N–H and O–H groups in total. The molecule has 0 aromatic carbocycles. The van der Waals surface area contributed by atoms with Gasteiger partial charge >= 0.3 is 5.97 Å². The lowest BCUT2D eigenvalue weighted by atomic mass is 9.88. The summed E-state index contributed by atoms with van der Waals surface area (Å²) in [7, 11) is 0. The minimum Gasteiger partial charge on any atom is -0.481 e. The van der Waals surface area contributed by atoms with Crippen LogP contribution in [0.3, 0.4) is 0 Å². The fraction of sp³-hybridized carbons (Fsp3) is 0.818. The van der Waals surface area contributed by atoms with Crippen molar-refractivity contribution in [3.05, 3.63) is 0 Å². The zero-order valence-electron chi connectivity index (χ0n) is 9.87. The van der Waals surface area contributed by atoms with Crippen LogP contribution in [-0.4, -0.2) is 60.1 Å².